The van der Waals surface area contributed by atoms with Gasteiger partial charge >= 0.3 is 0 Å². The van der Waals surface area contributed by atoms with Crippen molar-refractivity contribution in [3.63, 3.8) is 0 Å². The molecule has 5 nitrogen and oxygen atoms in total. The predicted octanol–water partition coefficient (Wildman–Crippen LogP) is 3.15. The summed E-state index contributed by atoms with van der Waals surface area (Å²) in [6.07, 6.45) is 6.42. The molecule has 4 rings (SSSR count). The third-order valence-electron chi connectivity index (χ3n) is 5.66. The molecule has 0 unspecified atom stereocenters. The Morgan fingerprint density at radius 1 is 1.12 bits per heavy atom. The van der Waals surface area contributed by atoms with Crippen LogP contribution in [0.2, 0.25) is 5.02 Å². The van der Waals surface area contributed by atoms with E-state index in [0.29, 0.717) is 38.0 Å². The van der Waals surface area contributed by atoms with Gasteiger partial charge in [-0.25, -0.2) is 8.42 Å². The molecule has 1 aromatic carbocycles. The Balaban J connectivity index is 1.43. The Bertz CT molecular complexity index is 865. The van der Waals surface area contributed by atoms with E-state index in [1.165, 1.54) is 10.4 Å². The molecule has 0 N–H and O–H groups in total. The lowest BCUT2D eigenvalue weighted by molar-refractivity contribution is -0.137. The van der Waals surface area contributed by atoms with Crippen LogP contribution in [-0.2, 0) is 14.8 Å². The molecule has 3 aliphatic rings. The van der Waals surface area contributed by atoms with E-state index < -0.39 is 10.0 Å². The fourth-order valence-electron chi connectivity index (χ4n) is 4.27. The van der Waals surface area contributed by atoms with Gasteiger partial charge in [0.2, 0.25) is 15.9 Å². The van der Waals surface area contributed by atoms with Crippen molar-refractivity contribution in [3.8, 4) is 0 Å². The molecule has 0 spiro atoms. The highest BCUT2D eigenvalue weighted by Gasteiger charge is 2.42. The molecule has 0 aromatic heterocycles. The summed E-state index contributed by atoms with van der Waals surface area (Å²) in [5.74, 6) is 1.18. The Labute approximate surface area is 167 Å². The molecule has 1 heterocycles. The Morgan fingerprint density at radius 2 is 1.85 bits per heavy atom. The fraction of sp³-hybridized carbons (Fsp3) is 0.500. The lowest BCUT2D eigenvalue weighted by atomic mass is 9.92. The second kappa shape index (κ2) is 6.93. The van der Waals surface area contributed by atoms with Crippen molar-refractivity contribution in [2.45, 2.75) is 17.7 Å². The third kappa shape index (κ3) is 3.23. The van der Waals surface area contributed by atoms with Crippen LogP contribution in [0.4, 0.5) is 0 Å². The minimum Gasteiger partial charge on any atom is -0.340 e. The number of sulfonamides is 1. The van der Waals surface area contributed by atoms with Crippen molar-refractivity contribution in [3.05, 3.63) is 39.8 Å². The molecule has 3 atom stereocenters. The lowest BCUT2D eigenvalue weighted by Gasteiger charge is -2.36. The van der Waals surface area contributed by atoms with Crippen LogP contribution in [-0.4, -0.2) is 49.7 Å². The number of nitrogens with zero attached hydrogens (tertiary/aromatic N) is 2. The summed E-state index contributed by atoms with van der Waals surface area (Å²) in [4.78, 5) is 14.7. The maximum atomic E-state index is 12.9. The van der Waals surface area contributed by atoms with Crippen LogP contribution in [0.25, 0.3) is 0 Å². The van der Waals surface area contributed by atoms with Crippen molar-refractivity contribution in [1.29, 1.82) is 0 Å². The van der Waals surface area contributed by atoms with Gasteiger partial charge in [-0.15, -0.1) is 0 Å². The van der Waals surface area contributed by atoms with Crippen molar-refractivity contribution in [2.75, 3.05) is 26.2 Å². The van der Waals surface area contributed by atoms with Crippen LogP contribution >= 0.6 is 27.5 Å². The molecule has 2 bridgehead atoms. The number of benzene rings is 1. The van der Waals surface area contributed by atoms with Gasteiger partial charge in [0.1, 0.15) is 4.90 Å². The molecule has 1 saturated heterocycles. The first-order chi connectivity index (χ1) is 12.4. The lowest BCUT2D eigenvalue weighted by Crippen LogP contribution is -2.52. The summed E-state index contributed by atoms with van der Waals surface area (Å²) < 4.78 is 27.9. The number of rotatable bonds is 3. The first-order valence-electron chi connectivity index (χ1n) is 8.78. The van der Waals surface area contributed by atoms with Crippen LogP contribution in [0.5, 0.6) is 0 Å². The van der Waals surface area contributed by atoms with Crippen LogP contribution < -0.4 is 0 Å². The van der Waals surface area contributed by atoms with Crippen LogP contribution in [0.1, 0.15) is 12.8 Å². The summed E-state index contributed by atoms with van der Waals surface area (Å²) in [6, 6.07) is 4.76. The van der Waals surface area contributed by atoms with Crippen molar-refractivity contribution in [2.24, 2.45) is 17.8 Å². The quantitative estimate of drug-likeness (QED) is 0.653. The maximum Gasteiger partial charge on any atom is 0.244 e. The van der Waals surface area contributed by atoms with Gasteiger partial charge in [0.05, 0.1) is 5.02 Å². The zero-order valence-electron chi connectivity index (χ0n) is 14.1. The Hall–Kier alpha value is -0.890. The van der Waals surface area contributed by atoms with Crippen LogP contribution in [0.15, 0.2) is 39.7 Å². The van der Waals surface area contributed by atoms with Gasteiger partial charge in [-0.05, 0) is 42.9 Å². The Kier molecular flexibility index (Phi) is 4.92. The first-order valence-corrected chi connectivity index (χ1v) is 11.4. The van der Waals surface area contributed by atoms with E-state index in [2.05, 4.69) is 28.1 Å². The average Bonchev–Trinajstić information content (AvgIpc) is 3.24. The van der Waals surface area contributed by atoms with Crippen LogP contribution in [0, 0.1) is 17.8 Å². The third-order valence-corrected chi connectivity index (χ3v) is 8.53. The Morgan fingerprint density at radius 3 is 2.42 bits per heavy atom. The second-order valence-corrected chi connectivity index (χ2v) is 10.4. The van der Waals surface area contributed by atoms with Crippen molar-refractivity contribution < 1.29 is 13.2 Å². The van der Waals surface area contributed by atoms with Crippen molar-refractivity contribution in [1.82, 2.24) is 9.21 Å². The number of fused-ring (bicyclic) bond motifs is 2. The topological polar surface area (TPSA) is 57.7 Å². The summed E-state index contributed by atoms with van der Waals surface area (Å²) in [6.45, 7) is 1.47. The number of carbonyl (C=O) groups is 1. The number of hydrogen-bond acceptors (Lipinski definition) is 3. The summed E-state index contributed by atoms with van der Waals surface area (Å²) in [5, 5.41) is 0.201. The normalized spacial score (nSPS) is 28.7. The highest BCUT2D eigenvalue weighted by atomic mass is 79.9. The number of hydrogen-bond donors (Lipinski definition) is 0. The highest BCUT2D eigenvalue weighted by Crippen LogP contribution is 2.44. The predicted molar refractivity (Wildman–Crippen MR) is 103 cm³/mol. The number of halogens is 2. The zero-order valence-corrected chi connectivity index (χ0v) is 17.3. The molecular formula is C18H20BrClN2O3S. The van der Waals surface area contributed by atoms with Gasteiger partial charge in [0.15, 0.2) is 0 Å². The summed E-state index contributed by atoms with van der Waals surface area (Å²) >= 11 is 9.41. The smallest absolute Gasteiger partial charge is 0.244 e. The van der Waals surface area contributed by atoms with Gasteiger partial charge in [-0.1, -0.05) is 39.7 Å². The molecule has 1 aromatic rings. The van der Waals surface area contributed by atoms with E-state index in [9.17, 15) is 13.2 Å². The van der Waals surface area contributed by atoms with Gasteiger partial charge < -0.3 is 4.90 Å². The molecule has 1 saturated carbocycles. The molecule has 1 amide bonds. The summed E-state index contributed by atoms with van der Waals surface area (Å²) in [5.41, 5.74) is 0. The molecule has 2 aliphatic carbocycles. The monoisotopic (exact) mass is 458 g/mol. The molecule has 8 heteroatoms. The van der Waals surface area contributed by atoms with Gasteiger partial charge in [-0.2, -0.15) is 4.31 Å². The average molecular weight is 460 g/mol. The molecule has 0 radical (unpaired) electrons. The van der Waals surface area contributed by atoms with E-state index in [-0.39, 0.29) is 21.7 Å². The minimum absolute atomic E-state index is 0.0778. The zero-order chi connectivity index (χ0) is 18.5. The van der Waals surface area contributed by atoms with Crippen LogP contribution in [0.3, 0.4) is 0 Å². The van der Waals surface area contributed by atoms with Crippen molar-refractivity contribution >= 4 is 43.5 Å². The number of allylic oxidation sites excluding steroid dienone is 2. The number of amides is 1. The first kappa shape index (κ1) is 18.5. The van der Waals surface area contributed by atoms with E-state index >= 15 is 0 Å². The number of carbonyl (C=O) groups excluding carboxylic acids is 1. The van der Waals surface area contributed by atoms with E-state index in [0.717, 1.165) is 17.3 Å². The molecule has 2 fully saturated rings. The molecular weight excluding hydrogens is 440 g/mol. The standard InChI is InChI=1S/C18H20BrClN2O3S/c19-14-3-4-17(16(20)11-14)26(24,25)22-7-5-21(6-8-22)18(23)15-10-12-1-2-13(15)9-12/h1-4,11-13,15H,5-10H2/t12-,13-,15+/m0/s1. The molecule has 140 valence electrons. The SMILES string of the molecule is O=C([C@@H]1C[C@H]2C=C[C@H]1C2)N1CCN(S(=O)(=O)c2ccc(Br)cc2Cl)CC1. The second-order valence-electron chi connectivity index (χ2n) is 7.19. The largest absolute Gasteiger partial charge is 0.340 e. The van der Waals surface area contributed by atoms with Gasteiger partial charge in [0.25, 0.3) is 0 Å². The number of piperazine rings is 1. The van der Waals surface area contributed by atoms with E-state index in [4.69, 9.17) is 11.6 Å². The van der Waals surface area contributed by atoms with Gasteiger partial charge in [-0.3, -0.25) is 4.79 Å². The highest BCUT2D eigenvalue weighted by molar-refractivity contribution is 9.10. The maximum absolute atomic E-state index is 12.9. The van der Waals surface area contributed by atoms with E-state index in [1.807, 2.05) is 4.90 Å². The van der Waals surface area contributed by atoms with Gasteiger partial charge in [0, 0.05) is 36.6 Å². The minimum atomic E-state index is -3.65. The molecule has 1 aliphatic heterocycles. The fourth-order valence-corrected chi connectivity index (χ4v) is 6.70. The molecule has 26 heavy (non-hydrogen) atoms. The summed E-state index contributed by atoms with van der Waals surface area (Å²) in [7, 11) is -3.65. The van der Waals surface area contributed by atoms with E-state index in [1.54, 1.807) is 12.1 Å².